The smallest absolute Gasteiger partial charge is 0.430 e. The molecule has 9 heteroatoms. The third-order valence-corrected chi connectivity index (χ3v) is 5.44. The Kier molecular flexibility index (Phi) is 7.67. The highest BCUT2D eigenvalue weighted by molar-refractivity contribution is 6.31. The quantitative estimate of drug-likeness (QED) is 0.325. The molecular formula is C23H24ClF5N2O. The first-order valence-corrected chi connectivity index (χ1v) is 10.5. The van der Waals surface area contributed by atoms with Crippen LogP contribution in [0.1, 0.15) is 25.0 Å². The molecule has 1 heterocycles. The number of aromatic amines is 1. The van der Waals surface area contributed by atoms with E-state index >= 15 is 0 Å². The molecule has 2 aromatic carbocycles. The molecule has 3 aromatic rings. The molecule has 0 amide bonds. The normalized spacial score (nSPS) is 13.5. The average Bonchev–Trinajstić information content (AvgIpc) is 3.12. The van der Waals surface area contributed by atoms with Crippen LogP contribution in [0.25, 0.3) is 10.9 Å². The molecule has 0 saturated heterocycles. The van der Waals surface area contributed by atoms with Crippen LogP contribution in [-0.4, -0.2) is 41.2 Å². The van der Waals surface area contributed by atoms with Gasteiger partial charge in [0.1, 0.15) is 5.75 Å². The van der Waals surface area contributed by atoms with Crippen LogP contribution < -0.4 is 4.74 Å². The van der Waals surface area contributed by atoms with Crippen molar-refractivity contribution < 1.29 is 26.7 Å². The monoisotopic (exact) mass is 474 g/mol. The Bertz CT molecular complexity index is 1040. The number of benzene rings is 2. The molecule has 0 bridgehead atoms. The molecule has 1 unspecified atom stereocenters. The largest absolute Gasteiger partial charge is 0.435 e. The number of rotatable bonds is 10. The molecule has 0 aliphatic carbocycles. The summed E-state index contributed by atoms with van der Waals surface area (Å²) in [6.45, 7) is 5.13. The van der Waals surface area contributed by atoms with Crippen molar-refractivity contribution in [3.05, 3.63) is 64.8 Å². The first-order chi connectivity index (χ1) is 15.1. The minimum atomic E-state index is -4.62. The number of nitrogens with zero attached hydrogens (tertiary/aromatic N) is 1. The molecule has 0 fully saturated rings. The lowest BCUT2D eigenvalue weighted by atomic mass is 10.1. The SMILES string of the molecule is CC(C)N(CCc1c[nH]c2cc(Cl)ccc12)Cc1cccc(OC(F)(F)C(F)C(F)F)c1. The Morgan fingerprint density at radius 2 is 1.84 bits per heavy atom. The third kappa shape index (κ3) is 5.92. The van der Waals surface area contributed by atoms with Crippen molar-refractivity contribution >= 4 is 22.5 Å². The maximum atomic E-state index is 13.6. The summed E-state index contributed by atoms with van der Waals surface area (Å²) >= 11 is 6.03. The number of hydrogen-bond donors (Lipinski definition) is 1. The summed E-state index contributed by atoms with van der Waals surface area (Å²) in [5.74, 6) is -0.368. The fourth-order valence-corrected chi connectivity index (χ4v) is 3.62. The van der Waals surface area contributed by atoms with E-state index in [4.69, 9.17) is 11.6 Å². The van der Waals surface area contributed by atoms with Crippen molar-refractivity contribution in [2.75, 3.05) is 6.54 Å². The van der Waals surface area contributed by atoms with Crippen LogP contribution in [0.2, 0.25) is 5.02 Å². The topological polar surface area (TPSA) is 28.3 Å². The molecule has 0 radical (unpaired) electrons. The van der Waals surface area contributed by atoms with E-state index in [9.17, 15) is 22.0 Å². The number of nitrogens with one attached hydrogen (secondary N) is 1. The van der Waals surface area contributed by atoms with Gasteiger partial charge in [-0.2, -0.15) is 8.78 Å². The molecule has 1 N–H and O–H groups in total. The summed E-state index contributed by atoms with van der Waals surface area (Å²) < 4.78 is 69.3. The molecule has 174 valence electrons. The number of hydrogen-bond acceptors (Lipinski definition) is 2. The lowest BCUT2D eigenvalue weighted by molar-refractivity contribution is -0.244. The molecule has 0 aliphatic rings. The molecule has 1 atom stereocenters. The van der Waals surface area contributed by atoms with E-state index in [1.165, 1.54) is 18.2 Å². The first-order valence-electron chi connectivity index (χ1n) is 10.1. The van der Waals surface area contributed by atoms with Crippen molar-refractivity contribution in [2.24, 2.45) is 0 Å². The highest BCUT2D eigenvalue weighted by Crippen LogP contribution is 2.30. The van der Waals surface area contributed by atoms with Gasteiger partial charge in [-0.25, -0.2) is 13.2 Å². The standard InChI is InChI=1S/C23H24ClF5N2O/c1-14(2)31(9-8-16-12-30-20-11-17(24)6-7-19(16)20)13-15-4-3-5-18(10-15)32-23(28,29)21(25)22(26)27/h3-7,10-12,14,21-22,30H,8-9,13H2,1-2H3. The van der Waals surface area contributed by atoms with E-state index in [0.717, 1.165) is 22.9 Å². The number of halogens is 6. The van der Waals surface area contributed by atoms with Gasteiger partial charge in [-0.05, 0) is 55.7 Å². The van der Waals surface area contributed by atoms with Crippen LogP contribution in [0, 0.1) is 0 Å². The van der Waals surface area contributed by atoms with Crippen molar-refractivity contribution in [2.45, 2.75) is 51.6 Å². The number of aromatic nitrogens is 1. The molecule has 3 rings (SSSR count). The highest BCUT2D eigenvalue weighted by Gasteiger charge is 2.49. The molecule has 3 nitrogen and oxygen atoms in total. The van der Waals surface area contributed by atoms with Gasteiger partial charge in [-0.1, -0.05) is 29.8 Å². The van der Waals surface area contributed by atoms with Gasteiger partial charge in [-0.3, -0.25) is 4.90 Å². The van der Waals surface area contributed by atoms with Gasteiger partial charge >= 0.3 is 6.11 Å². The first kappa shape index (κ1) is 24.3. The fraction of sp³-hybridized carbons (Fsp3) is 0.391. The van der Waals surface area contributed by atoms with Gasteiger partial charge in [0.2, 0.25) is 0 Å². The van der Waals surface area contributed by atoms with Gasteiger partial charge in [0, 0.05) is 41.3 Å². The number of alkyl halides is 5. The van der Waals surface area contributed by atoms with E-state index < -0.39 is 18.7 Å². The second-order valence-corrected chi connectivity index (χ2v) is 8.30. The van der Waals surface area contributed by atoms with Gasteiger partial charge < -0.3 is 9.72 Å². The second-order valence-electron chi connectivity index (χ2n) is 7.87. The second kappa shape index (κ2) is 10.1. The Balaban J connectivity index is 1.69. The number of fused-ring (bicyclic) bond motifs is 1. The Morgan fingerprint density at radius 3 is 2.53 bits per heavy atom. The van der Waals surface area contributed by atoms with Gasteiger partial charge in [0.15, 0.2) is 0 Å². The molecule has 0 aliphatic heterocycles. The predicted molar refractivity (Wildman–Crippen MR) is 115 cm³/mol. The van der Waals surface area contributed by atoms with Crippen LogP contribution in [0.5, 0.6) is 5.75 Å². The minimum absolute atomic E-state index is 0.148. The minimum Gasteiger partial charge on any atom is -0.430 e. The number of H-pyrrole nitrogens is 1. The summed E-state index contributed by atoms with van der Waals surface area (Å²) in [6, 6.07) is 11.5. The van der Waals surface area contributed by atoms with Gasteiger partial charge in [0.25, 0.3) is 12.6 Å². The van der Waals surface area contributed by atoms with Crippen LogP contribution in [0.3, 0.4) is 0 Å². The predicted octanol–water partition coefficient (Wildman–Crippen LogP) is 6.85. The zero-order valence-electron chi connectivity index (χ0n) is 17.6. The summed E-state index contributed by atoms with van der Waals surface area (Å²) in [4.78, 5) is 5.35. The Labute approximate surface area is 188 Å². The van der Waals surface area contributed by atoms with Crippen LogP contribution in [0.4, 0.5) is 22.0 Å². The third-order valence-electron chi connectivity index (χ3n) is 5.21. The lowest BCUT2D eigenvalue weighted by Gasteiger charge is -2.27. The van der Waals surface area contributed by atoms with Crippen molar-refractivity contribution in [3.8, 4) is 5.75 Å². The zero-order chi connectivity index (χ0) is 23.5. The van der Waals surface area contributed by atoms with E-state index in [1.807, 2.05) is 38.2 Å². The van der Waals surface area contributed by atoms with Crippen molar-refractivity contribution in [1.29, 1.82) is 0 Å². The molecule has 1 aromatic heterocycles. The van der Waals surface area contributed by atoms with Crippen LogP contribution >= 0.6 is 11.6 Å². The summed E-state index contributed by atoms with van der Waals surface area (Å²) in [7, 11) is 0. The average molecular weight is 475 g/mol. The molecule has 32 heavy (non-hydrogen) atoms. The van der Waals surface area contributed by atoms with E-state index in [-0.39, 0.29) is 11.8 Å². The fourth-order valence-electron chi connectivity index (χ4n) is 3.45. The summed E-state index contributed by atoms with van der Waals surface area (Å²) in [6.07, 6.45) is -9.49. The highest BCUT2D eigenvalue weighted by atomic mass is 35.5. The lowest BCUT2D eigenvalue weighted by Crippen LogP contribution is -2.40. The number of ether oxygens (including phenoxy) is 1. The van der Waals surface area contributed by atoms with Crippen molar-refractivity contribution in [1.82, 2.24) is 9.88 Å². The summed E-state index contributed by atoms with van der Waals surface area (Å²) in [5, 5.41) is 1.73. The molecular weight excluding hydrogens is 451 g/mol. The van der Waals surface area contributed by atoms with Gasteiger partial charge in [-0.15, -0.1) is 0 Å². The van der Waals surface area contributed by atoms with E-state index in [0.29, 0.717) is 23.7 Å². The zero-order valence-corrected chi connectivity index (χ0v) is 18.4. The molecule has 0 spiro atoms. The van der Waals surface area contributed by atoms with E-state index in [1.54, 1.807) is 6.07 Å². The van der Waals surface area contributed by atoms with E-state index in [2.05, 4.69) is 14.6 Å². The Morgan fingerprint density at radius 1 is 1.09 bits per heavy atom. The maximum Gasteiger partial charge on any atom is 0.435 e. The maximum absolute atomic E-state index is 13.6. The van der Waals surface area contributed by atoms with Crippen LogP contribution in [0.15, 0.2) is 48.7 Å². The molecule has 0 saturated carbocycles. The Hall–Kier alpha value is -2.32. The van der Waals surface area contributed by atoms with Crippen molar-refractivity contribution in [3.63, 3.8) is 0 Å². The van der Waals surface area contributed by atoms with Crippen LogP contribution in [-0.2, 0) is 13.0 Å². The van der Waals surface area contributed by atoms with Gasteiger partial charge in [0.05, 0.1) is 0 Å². The summed E-state index contributed by atoms with van der Waals surface area (Å²) in [5.41, 5.74) is 2.72.